The van der Waals surface area contributed by atoms with Crippen LogP contribution in [-0.4, -0.2) is 12.3 Å². The second-order valence-electron chi connectivity index (χ2n) is 4.59. The van der Waals surface area contributed by atoms with E-state index in [4.69, 9.17) is 0 Å². The highest BCUT2D eigenvalue weighted by molar-refractivity contribution is 5.96. The topological polar surface area (TPSA) is 38.3 Å². The molecule has 0 bridgehead atoms. The fraction of sp³-hybridized carbons (Fsp3) is 0.417. The molecule has 1 saturated carbocycles. The van der Waals surface area contributed by atoms with Crippen molar-refractivity contribution in [2.45, 2.75) is 26.1 Å². The van der Waals surface area contributed by atoms with Gasteiger partial charge in [0.05, 0.1) is 0 Å². The van der Waals surface area contributed by atoms with Crippen molar-refractivity contribution in [1.29, 1.82) is 0 Å². The number of hydrogen-bond acceptors (Lipinski definition) is 2. The van der Waals surface area contributed by atoms with Gasteiger partial charge in [0.1, 0.15) is 5.75 Å². The van der Waals surface area contributed by atoms with Crippen molar-refractivity contribution in [2.75, 3.05) is 5.32 Å². The van der Waals surface area contributed by atoms with E-state index in [9.17, 15) is 18.0 Å². The molecule has 1 aliphatic carbocycles. The van der Waals surface area contributed by atoms with Crippen LogP contribution in [0, 0.1) is 5.41 Å². The van der Waals surface area contributed by atoms with E-state index in [1.807, 2.05) is 6.92 Å². The molecule has 0 spiro atoms. The van der Waals surface area contributed by atoms with Gasteiger partial charge >= 0.3 is 6.36 Å². The van der Waals surface area contributed by atoms with Gasteiger partial charge in [-0.05, 0) is 25.0 Å². The molecular weight excluding hydrogens is 247 g/mol. The zero-order valence-electron chi connectivity index (χ0n) is 9.67. The summed E-state index contributed by atoms with van der Waals surface area (Å²) in [4.78, 5) is 11.7. The summed E-state index contributed by atoms with van der Waals surface area (Å²) >= 11 is 0. The van der Waals surface area contributed by atoms with E-state index in [1.54, 1.807) is 0 Å². The molecule has 1 fully saturated rings. The Morgan fingerprint density at radius 1 is 1.39 bits per heavy atom. The number of hydrogen-bond donors (Lipinski definition) is 1. The minimum Gasteiger partial charge on any atom is -0.406 e. The molecule has 0 saturated heterocycles. The number of ether oxygens (including phenoxy) is 1. The molecule has 0 unspecified atom stereocenters. The predicted octanol–water partition coefficient (Wildman–Crippen LogP) is 3.32. The number of alkyl halides is 3. The van der Waals surface area contributed by atoms with Crippen molar-refractivity contribution in [2.24, 2.45) is 5.41 Å². The highest BCUT2D eigenvalue weighted by Gasteiger charge is 2.44. The second-order valence-corrected chi connectivity index (χ2v) is 4.59. The van der Waals surface area contributed by atoms with Crippen LogP contribution < -0.4 is 10.1 Å². The summed E-state index contributed by atoms with van der Waals surface area (Å²) in [7, 11) is 0. The molecule has 0 atom stereocenters. The lowest BCUT2D eigenvalue weighted by Crippen LogP contribution is -2.21. The number of anilines is 1. The molecule has 0 aromatic heterocycles. The Hall–Kier alpha value is -1.72. The SMILES string of the molecule is CC1(C(=O)Nc2cccc(OC(F)(F)F)c2)CC1. The smallest absolute Gasteiger partial charge is 0.406 e. The molecule has 2 rings (SSSR count). The second kappa shape index (κ2) is 4.19. The van der Waals surface area contributed by atoms with Crippen molar-refractivity contribution in [3.8, 4) is 5.75 Å². The van der Waals surface area contributed by atoms with Crippen molar-refractivity contribution in [3.63, 3.8) is 0 Å². The van der Waals surface area contributed by atoms with Crippen LogP contribution in [0.3, 0.4) is 0 Å². The van der Waals surface area contributed by atoms with Gasteiger partial charge in [0.25, 0.3) is 0 Å². The molecule has 6 heteroatoms. The van der Waals surface area contributed by atoms with Crippen LogP contribution in [0.25, 0.3) is 0 Å². The largest absolute Gasteiger partial charge is 0.573 e. The first-order valence-corrected chi connectivity index (χ1v) is 5.46. The van der Waals surface area contributed by atoms with E-state index >= 15 is 0 Å². The van der Waals surface area contributed by atoms with Crippen LogP contribution in [0.1, 0.15) is 19.8 Å². The maximum absolute atomic E-state index is 12.0. The highest BCUT2D eigenvalue weighted by atomic mass is 19.4. The predicted molar refractivity (Wildman–Crippen MR) is 59.1 cm³/mol. The van der Waals surface area contributed by atoms with E-state index in [0.717, 1.165) is 18.9 Å². The fourth-order valence-corrected chi connectivity index (χ4v) is 1.47. The minimum absolute atomic E-state index is 0.174. The summed E-state index contributed by atoms with van der Waals surface area (Å²) < 4.78 is 39.8. The average molecular weight is 259 g/mol. The number of amides is 1. The molecule has 1 aliphatic rings. The molecule has 18 heavy (non-hydrogen) atoms. The Bertz CT molecular complexity index is 467. The van der Waals surface area contributed by atoms with E-state index < -0.39 is 6.36 Å². The lowest BCUT2D eigenvalue weighted by molar-refractivity contribution is -0.274. The van der Waals surface area contributed by atoms with Gasteiger partial charge < -0.3 is 10.1 Å². The maximum atomic E-state index is 12.0. The number of nitrogens with one attached hydrogen (secondary N) is 1. The lowest BCUT2D eigenvalue weighted by Gasteiger charge is -2.12. The van der Waals surface area contributed by atoms with Crippen molar-refractivity contribution in [3.05, 3.63) is 24.3 Å². The molecule has 3 nitrogen and oxygen atoms in total. The van der Waals surface area contributed by atoms with Gasteiger partial charge in [-0.2, -0.15) is 0 Å². The van der Waals surface area contributed by atoms with Gasteiger partial charge in [-0.15, -0.1) is 13.2 Å². The van der Waals surface area contributed by atoms with Gasteiger partial charge in [0.15, 0.2) is 0 Å². The van der Waals surface area contributed by atoms with Crippen molar-refractivity contribution < 1.29 is 22.7 Å². The molecule has 1 N–H and O–H groups in total. The van der Waals surface area contributed by atoms with Gasteiger partial charge in [0.2, 0.25) is 5.91 Å². The quantitative estimate of drug-likeness (QED) is 0.904. The monoisotopic (exact) mass is 259 g/mol. The van der Waals surface area contributed by atoms with Crippen LogP contribution in [0.2, 0.25) is 0 Å². The summed E-state index contributed by atoms with van der Waals surface area (Å²) in [6.07, 6.45) is -3.12. The van der Waals surface area contributed by atoms with Gasteiger partial charge in [0, 0.05) is 17.2 Å². The first kappa shape index (κ1) is 12.7. The van der Waals surface area contributed by atoms with Crippen LogP contribution in [0.5, 0.6) is 5.75 Å². The van der Waals surface area contributed by atoms with E-state index in [1.165, 1.54) is 18.2 Å². The Morgan fingerprint density at radius 2 is 2.06 bits per heavy atom. The van der Waals surface area contributed by atoms with Crippen molar-refractivity contribution >= 4 is 11.6 Å². The zero-order chi connectivity index (χ0) is 13.4. The van der Waals surface area contributed by atoms with Crippen LogP contribution >= 0.6 is 0 Å². The molecular formula is C12H12F3NO2. The highest BCUT2D eigenvalue weighted by Crippen LogP contribution is 2.45. The zero-order valence-corrected chi connectivity index (χ0v) is 9.67. The fourth-order valence-electron chi connectivity index (χ4n) is 1.47. The van der Waals surface area contributed by atoms with Gasteiger partial charge in [-0.3, -0.25) is 4.79 Å². The molecule has 1 aromatic carbocycles. The van der Waals surface area contributed by atoms with Gasteiger partial charge in [-0.1, -0.05) is 13.0 Å². The minimum atomic E-state index is -4.73. The lowest BCUT2D eigenvalue weighted by atomic mass is 10.1. The third kappa shape index (κ3) is 3.15. The molecule has 0 radical (unpaired) electrons. The standard InChI is InChI=1S/C12H12F3NO2/c1-11(5-6-11)10(17)16-8-3-2-4-9(7-8)18-12(13,14)15/h2-4,7H,5-6H2,1H3,(H,16,17). The maximum Gasteiger partial charge on any atom is 0.573 e. The molecule has 0 heterocycles. The molecule has 0 aliphatic heterocycles. The number of carbonyl (C=O) groups excluding carboxylic acids is 1. The number of benzene rings is 1. The third-order valence-electron chi connectivity index (χ3n) is 2.87. The third-order valence-corrected chi connectivity index (χ3v) is 2.87. The summed E-state index contributed by atoms with van der Waals surface area (Å²) in [5.41, 5.74) is -0.0733. The van der Waals surface area contributed by atoms with Crippen LogP contribution in [-0.2, 0) is 4.79 Å². The average Bonchev–Trinajstić information content (AvgIpc) is 2.95. The Morgan fingerprint density at radius 3 is 2.61 bits per heavy atom. The Kier molecular flexibility index (Phi) is 2.96. The first-order valence-electron chi connectivity index (χ1n) is 5.46. The van der Waals surface area contributed by atoms with E-state index in [2.05, 4.69) is 10.1 Å². The first-order chi connectivity index (χ1) is 8.28. The molecule has 1 amide bonds. The Balaban J connectivity index is 2.05. The van der Waals surface area contributed by atoms with E-state index in [0.29, 0.717) is 5.69 Å². The molecule has 1 aromatic rings. The van der Waals surface area contributed by atoms with Crippen molar-refractivity contribution in [1.82, 2.24) is 0 Å². The van der Waals surface area contributed by atoms with E-state index in [-0.39, 0.29) is 17.1 Å². The van der Waals surface area contributed by atoms with Gasteiger partial charge in [-0.25, -0.2) is 0 Å². The summed E-state index contributed by atoms with van der Waals surface area (Å²) in [6, 6.07) is 5.25. The normalized spacial score (nSPS) is 17.1. The summed E-state index contributed by atoms with van der Waals surface area (Å²) in [6.45, 7) is 1.82. The summed E-state index contributed by atoms with van der Waals surface area (Å²) in [5, 5.41) is 2.58. The number of carbonyl (C=O) groups is 1. The number of halogens is 3. The number of rotatable bonds is 3. The van der Waals surface area contributed by atoms with Crippen LogP contribution in [0.4, 0.5) is 18.9 Å². The summed E-state index contributed by atoms with van der Waals surface area (Å²) in [5.74, 6) is -0.520. The van der Waals surface area contributed by atoms with Crippen LogP contribution in [0.15, 0.2) is 24.3 Å². The Labute approximate surface area is 102 Å². The molecule has 98 valence electrons.